The van der Waals surface area contributed by atoms with E-state index in [0.29, 0.717) is 0 Å². The second-order valence-corrected chi connectivity index (χ2v) is 18.4. The number of para-hydroxylation sites is 1. The third-order valence-corrected chi connectivity index (χ3v) is 14.2. The summed E-state index contributed by atoms with van der Waals surface area (Å²) in [5.41, 5.74) is 18.9. The van der Waals surface area contributed by atoms with Crippen LogP contribution in [0.3, 0.4) is 0 Å². The van der Waals surface area contributed by atoms with Crippen molar-refractivity contribution in [1.29, 1.82) is 0 Å². The van der Waals surface area contributed by atoms with Gasteiger partial charge in [-0.1, -0.05) is 206 Å². The highest BCUT2D eigenvalue weighted by atomic mass is 15.1. The Morgan fingerprint density at radius 3 is 1.53 bits per heavy atom. The Labute approximate surface area is 409 Å². The SMILES string of the molecule is C1=CC(c2ccc(-c3ccc(N(c4ccc(-c5ccc(-c6ccccc6)cc5-n5c6ccccc6c6cc7ccccc7cc65)cc4)c4ccc(-c5cccc6ccccc56)cc4)cc3)cc2)=CCC1. The molecule has 1 aliphatic rings. The lowest BCUT2D eigenvalue weighted by Crippen LogP contribution is -2.10. The van der Waals surface area contributed by atoms with Crippen LogP contribution in [0.1, 0.15) is 18.4 Å². The van der Waals surface area contributed by atoms with Gasteiger partial charge in [0, 0.05) is 33.4 Å². The van der Waals surface area contributed by atoms with E-state index < -0.39 is 0 Å². The lowest BCUT2D eigenvalue weighted by molar-refractivity contribution is 1.04. The first-order valence-corrected chi connectivity index (χ1v) is 24.4. The summed E-state index contributed by atoms with van der Waals surface area (Å²) in [6.45, 7) is 0. The third-order valence-electron chi connectivity index (χ3n) is 14.2. The quantitative estimate of drug-likeness (QED) is 0.140. The van der Waals surface area contributed by atoms with Crippen LogP contribution in [0.5, 0.6) is 0 Å². The molecule has 0 unspecified atom stereocenters. The normalized spacial score (nSPS) is 12.5. The van der Waals surface area contributed by atoms with E-state index >= 15 is 0 Å². The van der Waals surface area contributed by atoms with Crippen LogP contribution >= 0.6 is 0 Å². The monoisotopic (exact) mass is 892 g/mol. The van der Waals surface area contributed by atoms with E-state index in [4.69, 9.17) is 0 Å². The van der Waals surface area contributed by atoms with Crippen LogP contribution in [-0.2, 0) is 0 Å². The fourth-order valence-electron chi connectivity index (χ4n) is 10.7. The zero-order valence-electron chi connectivity index (χ0n) is 38.7. The Bertz CT molecular complexity index is 3940. The number of aromatic nitrogens is 1. The molecule has 2 nitrogen and oxygen atoms in total. The lowest BCUT2D eigenvalue weighted by atomic mass is 9.96. The maximum absolute atomic E-state index is 2.48. The van der Waals surface area contributed by atoms with Crippen LogP contribution < -0.4 is 4.90 Å². The summed E-state index contributed by atoms with van der Waals surface area (Å²) in [5, 5.41) is 7.47. The van der Waals surface area contributed by atoms with E-state index in [1.165, 1.54) is 93.4 Å². The Morgan fingerprint density at radius 2 is 0.843 bits per heavy atom. The Morgan fingerprint density at radius 1 is 0.314 bits per heavy atom. The molecule has 12 aromatic rings. The summed E-state index contributed by atoms with van der Waals surface area (Å²) >= 11 is 0. The van der Waals surface area contributed by atoms with Gasteiger partial charge in [0.15, 0.2) is 0 Å². The molecule has 11 aromatic carbocycles. The van der Waals surface area contributed by atoms with Gasteiger partial charge >= 0.3 is 0 Å². The van der Waals surface area contributed by atoms with E-state index in [1.807, 2.05) is 0 Å². The molecule has 0 aliphatic heterocycles. The van der Waals surface area contributed by atoms with Gasteiger partial charge in [0.25, 0.3) is 0 Å². The predicted octanol–water partition coefficient (Wildman–Crippen LogP) is 19.0. The first-order valence-electron chi connectivity index (χ1n) is 24.4. The predicted molar refractivity (Wildman–Crippen MR) is 299 cm³/mol. The summed E-state index contributed by atoms with van der Waals surface area (Å²) in [5.74, 6) is 0. The van der Waals surface area contributed by atoms with Gasteiger partial charge in [-0.15, -0.1) is 0 Å². The van der Waals surface area contributed by atoms with Crippen LogP contribution in [0.25, 0.3) is 99.1 Å². The maximum Gasteiger partial charge on any atom is 0.0547 e. The molecule has 1 aliphatic carbocycles. The number of anilines is 3. The van der Waals surface area contributed by atoms with Gasteiger partial charge in [0.2, 0.25) is 0 Å². The van der Waals surface area contributed by atoms with E-state index in [-0.39, 0.29) is 0 Å². The molecule has 0 radical (unpaired) electrons. The van der Waals surface area contributed by atoms with Crippen molar-refractivity contribution in [2.45, 2.75) is 12.8 Å². The standard InChI is InChI=1S/C68H48N2/c1-3-14-47(15-4-1)49-26-28-50(29-27-49)51-30-37-58(38-31-51)69(59-39-32-53(33-40-59)62-24-13-21-52-18-9-10-22-61(52)62)60-41-34-54(35-42-60)63-43-36-57(48-16-5-2-6-17-48)46-67(63)70-66-25-12-11-23-64(66)65-44-55-19-7-8-20-56(55)45-68(65)70/h2-3,5-46H,1,4H2. The van der Waals surface area contributed by atoms with Gasteiger partial charge < -0.3 is 9.47 Å². The van der Waals surface area contributed by atoms with Crippen LogP contribution in [-0.4, -0.2) is 4.57 Å². The summed E-state index contributed by atoms with van der Waals surface area (Å²) < 4.78 is 2.48. The molecule has 0 N–H and O–H groups in total. The Hall–Kier alpha value is -8.98. The van der Waals surface area contributed by atoms with Crippen molar-refractivity contribution in [3.63, 3.8) is 0 Å². The highest BCUT2D eigenvalue weighted by Crippen LogP contribution is 2.42. The molecule has 0 atom stereocenters. The first kappa shape index (κ1) is 41.2. The van der Waals surface area contributed by atoms with Crippen molar-refractivity contribution in [2.75, 3.05) is 4.90 Å². The number of benzene rings is 11. The molecule has 0 amide bonds. The number of allylic oxidation sites excluding steroid dienone is 4. The van der Waals surface area contributed by atoms with Crippen molar-refractivity contribution < 1.29 is 0 Å². The van der Waals surface area contributed by atoms with Crippen molar-refractivity contribution in [1.82, 2.24) is 4.57 Å². The molecule has 0 bridgehead atoms. The van der Waals surface area contributed by atoms with Crippen LogP contribution in [0.15, 0.2) is 267 Å². The average molecular weight is 893 g/mol. The smallest absolute Gasteiger partial charge is 0.0547 e. The van der Waals surface area contributed by atoms with Gasteiger partial charge in [-0.25, -0.2) is 0 Å². The first-order chi connectivity index (χ1) is 34.7. The Kier molecular flexibility index (Phi) is 10.4. The maximum atomic E-state index is 2.48. The summed E-state index contributed by atoms with van der Waals surface area (Å²) in [4.78, 5) is 2.38. The zero-order valence-corrected chi connectivity index (χ0v) is 38.7. The van der Waals surface area contributed by atoms with E-state index in [9.17, 15) is 0 Å². The van der Waals surface area contributed by atoms with E-state index in [2.05, 4.69) is 276 Å². The Balaban J connectivity index is 0.924. The molecule has 2 heteroatoms. The van der Waals surface area contributed by atoms with Crippen molar-refractivity contribution in [3.8, 4) is 50.2 Å². The molecule has 13 rings (SSSR count). The number of nitrogens with zero attached hydrogens (tertiary/aromatic N) is 2. The molecule has 70 heavy (non-hydrogen) atoms. The summed E-state index contributed by atoms with van der Waals surface area (Å²) in [6.07, 6.45) is 9.08. The summed E-state index contributed by atoms with van der Waals surface area (Å²) in [7, 11) is 0. The molecule has 0 saturated carbocycles. The minimum atomic E-state index is 1.08. The van der Waals surface area contributed by atoms with Crippen molar-refractivity contribution >= 4 is 66.0 Å². The topological polar surface area (TPSA) is 8.17 Å². The van der Waals surface area contributed by atoms with E-state index in [0.717, 1.165) is 41.2 Å². The van der Waals surface area contributed by atoms with Gasteiger partial charge in [-0.05, 0) is 145 Å². The number of rotatable bonds is 9. The fourth-order valence-corrected chi connectivity index (χ4v) is 10.7. The highest BCUT2D eigenvalue weighted by molar-refractivity contribution is 6.14. The molecule has 0 fully saturated rings. The largest absolute Gasteiger partial charge is 0.311 e. The molecule has 330 valence electrons. The summed E-state index contributed by atoms with van der Waals surface area (Å²) in [6, 6.07) is 91.4. The fraction of sp³-hybridized carbons (Fsp3) is 0.0294. The lowest BCUT2D eigenvalue weighted by Gasteiger charge is -2.26. The molecular weight excluding hydrogens is 845 g/mol. The van der Waals surface area contributed by atoms with Crippen LogP contribution in [0, 0.1) is 0 Å². The van der Waals surface area contributed by atoms with Crippen molar-refractivity contribution in [3.05, 3.63) is 273 Å². The second-order valence-electron chi connectivity index (χ2n) is 18.4. The van der Waals surface area contributed by atoms with Crippen LogP contribution in [0.4, 0.5) is 17.1 Å². The van der Waals surface area contributed by atoms with Gasteiger partial charge in [0.1, 0.15) is 0 Å². The third kappa shape index (κ3) is 7.48. The number of hydrogen-bond donors (Lipinski definition) is 0. The van der Waals surface area contributed by atoms with Crippen molar-refractivity contribution in [2.24, 2.45) is 0 Å². The molecule has 0 spiro atoms. The molecule has 1 aromatic heterocycles. The molecular formula is C68H48N2. The average Bonchev–Trinajstić information content (AvgIpc) is 3.76. The second kappa shape index (κ2) is 17.6. The highest BCUT2D eigenvalue weighted by Gasteiger charge is 2.20. The number of fused-ring (bicyclic) bond motifs is 5. The minimum absolute atomic E-state index is 1.08. The van der Waals surface area contributed by atoms with E-state index in [1.54, 1.807) is 0 Å². The van der Waals surface area contributed by atoms with Gasteiger partial charge in [-0.3, -0.25) is 0 Å². The minimum Gasteiger partial charge on any atom is -0.311 e. The van der Waals surface area contributed by atoms with Crippen LogP contribution in [0.2, 0.25) is 0 Å². The molecule has 1 heterocycles. The number of hydrogen-bond acceptors (Lipinski definition) is 1. The van der Waals surface area contributed by atoms with Gasteiger partial charge in [-0.2, -0.15) is 0 Å². The molecule has 0 saturated heterocycles. The van der Waals surface area contributed by atoms with Gasteiger partial charge in [0.05, 0.1) is 16.7 Å². The zero-order chi connectivity index (χ0) is 46.4.